The summed E-state index contributed by atoms with van der Waals surface area (Å²) in [6.07, 6.45) is -0.0818. The summed E-state index contributed by atoms with van der Waals surface area (Å²) < 4.78 is 0. The van der Waals surface area contributed by atoms with Crippen LogP contribution >= 0.6 is 34.0 Å². The third kappa shape index (κ3) is 3.74. The van der Waals surface area contributed by atoms with E-state index in [-0.39, 0.29) is 6.61 Å². The van der Waals surface area contributed by atoms with Crippen molar-refractivity contribution < 1.29 is 10.2 Å². The minimum atomic E-state index is -0.623. The predicted octanol–water partition coefficient (Wildman–Crippen LogP) is 4.16. The molecule has 1 atom stereocenters. The van der Waals surface area contributed by atoms with Gasteiger partial charge in [-0.3, -0.25) is 0 Å². The Labute approximate surface area is 162 Å². The summed E-state index contributed by atoms with van der Waals surface area (Å²) in [6.45, 7) is -0.0672. The lowest BCUT2D eigenvalue weighted by Crippen LogP contribution is -2.01. The molecule has 3 aromatic heterocycles. The van der Waals surface area contributed by atoms with Crippen LogP contribution in [-0.2, 0) is 13.0 Å². The van der Waals surface area contributed by atoms with E-state index in [0.717, 1.165) is 27.0 Å². The van der Waals surface area contributed by atoms with Crippen LogP contribution in [0.15, 0.2) is 46.5 Å². The quantitative estimate of drug-likeness (QED) is 0.507. The molecule has 5 nitrogen and oxygen atoms in total. The van der Waals surface area contributed by atoms with Crippen LogP contribution in [0.4, 0.5) is 0 Å². The molecule has 0 radical (unpaired) electrons. The van der Waals surface area contributed by atoms with Gasteiger partial charge in [0.2, 0.25) is 0 Å². The molecule has 3 heterocycles. The van der Waals surface area contributed by atoms with Crippen LogP contribution in [0.2, 0.25) is 0 Å². The summed E-state index contributed by atoms with van der Waals surface area (Å²) >= 11 is 4.41. The lowest BCUT2D eigenvalue weighted by Gasteiger charge is -2.06. The second kappa shape index (κ2) is 7.73. The molecule has 0 bridgehead atoms. The topological polar surface area (TPSA) is 79.1 Å². The van der Waals surface area contributed by atoms with Crippen molar-refractivity contribution in [3.63, 3.8) is 0 Å². The molecule has 2 N–H and O–H groups in total. The minimum Gasteiger partial charge on any atom is -0.390 e. The van der Waals surface area contributed by atoms with Crippen LogP contribution < -0.4 is 0 Å². The summed E-state index contributed by atoms with van der Waals surface area (Å²) in [4.78, 5) is 13.5. The van der Waals surface area contributed by atoms with Crippen molar-refractivity contribution in [2.24, 2.45) is 0 Å². The van der Waals surface area contributed by atoms with Crippen molar-refractivity contribution in [2.45, 2.75) is 19.1 Å². The molecule has 0 amide bonds. The number of hydrogen-bond acceptors (Lipinski definition) is 8. The van der Waals surface area contributed by atoms with Crippen LogP contribution in [0.1, 0.15) is 22.4 Å². The molecule has 8 heteroatoms. The zero-order valence-electron chi connectivity index (χ0n) is 13.6. The fourth-order valence-corrected chi connectivity index (χ4v) is 4.92. The van der Waals surface area contributed by atoms with Crippen molar-refractivity contribution in [3.8, 4) is 21.4 Å². The molecule has 4 aromatic rings. The van der Waals surface area contributed by atoms with Gasteiger partial charge in [-0.2, -0.15) is 0 Å². The summed E-state index contributed by atoms with van der Waals surface area (Å²) in [5, 5.41) is 27.6. The summed E-state index contributed by atoms with van der Waals surface area (Å²) in [5.41, 5.74) is 3.29. The fraction of sp³-hybridized carbons (Fsp3) is 0.167. The maximum Gasteiger partial charge on any atom is 0.143 e. The molecule has 0 saturated carbocycles. The number of nitrogens with zero attached hydrogens (tertiary/aromatic N) is 3. The van der Waals surface area contributed by atoms with E-state index in [1.807, 2.05) is 46.5 Å². The molecule has 0 aliphatic rings. The van der Waals surface area contributed by atoms with Crippen LogP contribution in [-0.4, -0.2) is 25.2 Å². The Balaban J connectivity index is 1.51. The van der Waals surface area contributed by atoms with Gasteiger partial charge in [-0.25, -0.2) is 15.0 Å². The fourth-order valence-electron chi connectivity index (χ4n) is 2.45. The molecular weight excluding hydrogens is 386 g/mol. The molecule has 0 spiro atoms. The predicted molar refractivity (Wildman–Crippen MR) is 105 cm³/mol. The van der Waals surface area contributed by atoms with Crippen LogP contribution in [0.5, 0.6) is 0 Å². The normalized spacial score (nSPS) is 12.4. The average molecular weight is 402 g/mol. The van der Waals surface area contributed by atoms with Gasteiger partial charge in [-0.15, -0.1) is 34.0 Å². The molecule has 0 unspecified atom stereocenters. The molecule has 26 heavy (non-hydrogen) atoms. The highest BCUT2D eigenvalue weighted by Gasteiger charge is 2.16. The number of aliphatic hydroxyl groups is 2. The minimum absolute atomic E-state index is 0.0672. The first-order valence-electron chi connectivity index (χ1n) is 7.92. The van der Waals surface area contributed by atoms with Crippen molar-refractivity contribution in [2.75, 3.05) is 0 Å². The third-order valence-corrected chi connectivity index (χ3v) is 6.46. The maximum atomic E-state index is 10.4. The van der Waals surface area contributed by atoms with Crippen LogP contribution in [0.25, 0.3) is 21.4 Å². The molecule has 0 aliphatic carbocycles. The Morgan fingerprint density at radius 1 is 0.846 bits per heavy atom. The van der Waals surface area contributed by atoms with Gasteiger partial charge in [0, 0.05) is 22.6 Å². The number of benzene rings is 1. The Bertz CT molecular complexity index is 994. The second-order valence-electron chi connectivity index (χ2n) is 5.62. The first-order chi connectivity index (χ1) is 12.7. The molecule has 0 fully saturated rings. The SMILES string of the molecule is OCc1csc(-c2csc(-c3csc([C@@H](O)Cc4ccccc4)n3)n2)n1. The zero-order chi connectivity index (χ0) is 17.9. The second-order valence-corrected chi connectivity index (χ2v) is 8.22. The average Bonchev–Trinajstić information content (AvgIpc) is 3.40. The monoisotopic (exact) mass is 401 g/mol. The molecule has 1 aromatic carbocycles. The Kier molecular flexibility index (Phi) is 5.18. The Morgan fingerprint density at radius 2 is 1.54 bits per heavy atom. The molecule has 0 saturated heterocycles. The highest BCUT2D eigenvalue weighted by Crippen LogP contribution is 2.32. The highest BCUT2D eigenvalue weighted by atomic mass is 32.1. The van der Waals surface area contributed by atoms with E-state index in [0.29, 0.717) is 17.1 Å². The summed E-state index contributed by atoms with van der Waals surface area (Å²) in [6, 6.07) is 9.89. The smallest absolute Gasteiger partial charge is 0.143 e. The number of hydrogen-bond donors (Lipinski definition) is 2. The van der Waals surface area contributed by atoms with Gasteiger partial charge in [-0.1, -0.05) is 30.3 Å². The largest absolute Gasteiger partial charge is 0.390 e. The van der Waals surface area contributed by atoms with Gasteiger partial charge in [0.05, 0.1) is 12.3 Å². The summed E-state index contributed by atoms with van der Waals surface area (Å²) in [7, 11) is 0. The van der Waals surface area contributed by atoms with Crippen molar-refractivity contribution >= 4 is 34.0 Å². The van der Waals surface area contributed by atoms with Crippen LogP contribution in [0.3, 0.4) is 0 Å². The van der Waals surface area contributed by atoms with E-state index in [2.05, 4.69) is 15.0 Å². The lowest BCUT2D eigenvalue weighted by molar-refractivity contribution is 0.178. The van der Waals surface area contributed by atoms with E-state index < -0.39 is 6.10 Å². The van der Waals surface area contributed by atoms with E-state index in [4.69, 9.17) is 5.11 Å². The number of aliphatic hydroxyl groups excluding tert-OH is 2. The first-order valence-corrected chi connectivity index (χ1v) is 10.6. The van der Waals surface area contributed by atoms with Crippen LogP contribution in [0, 0.1) is 0 Å². The molecular formula is C18H15N3O2S3. The number of aromatic nitrogens is 3. The van der Waals surface area contributed by atoms with Crippen molar-refractivity contribution in [1.82, 2.24) is 15.0 Å². The third-order valence-electron chi connectivity index (χ3n) is 3.74. The zero-order valence-corrected chi connectivity index (χ0v) is 16.0. The Morgan fingerprint density at radius 3 is 2.31 bits per heavy atom. The lowest BCUT2D eigenvalue weighted by atomic mass is 10.1. The highest BCUT2D eigenvalue weighted by molar-refractivity contribution is 7.16. The van der Waals surface area contributed by atoms with Gasteiger partial charge in [0.1, 0.15) is 32.5 Å². The number of thiazole rings is 3. The van der Waals surface area contributed by atoms with Crippen molar-refractivity contribution in [3.05, 3.63) is 62.7 Å². The summed E-state index contributed by atoms with van der Waals surface area (Å²) in [5.74, 6) is 0. The Hall–Kier alpha value is -1.97. The van der Waals surface area contributed by atoms with E-state index in [1.165, 1.54) is 34.0 Å². The van der Waals surface area contributed by atoms with Crippen molar-refractivity contribution in [1.29, 1.82) is 0 Å². The van der Waals surface area contributed by atoms with E-state index in [1.54, 1.807) is 0 Å². The first kappa shape index (κ1) is 17.4. The van der Waals surface area contributed by atoms with E-state index in [9.17, 15) is 5.11 Å². The van der Waals surface area contributed by atoms with Gasteiger partial charge < -0.3 is 10.2 Å². The van der Waals surface area contributed by atoms with Gasteiger partial charge in [0.25, 0.3) is 0 Å². The van der Waals surface area contributed by atoms with E-state index >= 15 is 0 Å². The van der Waals surface area contributed by atoms with Gasteiger partial charge in [-0.05, 0) is 5.56 Å². The molecule has 4 rings (SSSR count). The molecule has 0 aliphatic heterocycles. The number of rotatable bonds is 6. The maximum absolute atomic E-state index is 10.4. The standard InChI is InChI=1S/C18H15N3O2S3/c22-7-12-8-24-16(19-12)13-9-25-17(20-13)14-10-26-18(21-14)15(23)6-11-4-2-1-3-5-11/h1-5,8-10,15,22-23H,6-7H2/t15-/m0/s1. The molecule has 132 valence electrons. The van der Waals surface area contributed by atoms with Gasteiger partial charge >= 0.3 is 0 Å². The van der Waals surface area contributed by atoms with Gasteiger partial charge in [0.15, 0.2) is 0 Å².